The molecule has 2 aromatic rings. The molecule has 0 unspecified atom stereocenters. The molecule has 1 heterocycles. The summed E-state index contributed by atoms with van der Waals surface area (Å²) in [6.45, 7) is 1.61. The number of benzene rings is 2. The van der Waals surface area contributed by atoms with Gasteiger partial charge in [0, 0.05) is 16.6 Å². The molecule has 26 heavy (non-hydrogen) atoms. The van der Waals surface area contributed by atoms with Crippen LogP contribution in [0.15, 0.2) is 47.4 Å². The zero-order valence-corrected chi connectivity index (χ0v) is 14.7. The molecule has 1 N–H and O–H groups in total. The van der Waals surface area contributed by atoms with Crippen molar-refractivity contribution in [3.05, 3.63) is 48.3 Å². The first-order valence-corrected chi connectivity index (χ1v) is 8.79. The summed E-state index contributed by atoms with van der Waals surface area (Å²) in [7, 11) is 0. The Kier molecular flexibility index (Phi) is 5.62. The lowest BCUT2D eigenvalue weighted by molar-refractivity contribution is -0.150. The van der Waals surface area contributed by atoms with Crippen molar-refractivity contribution in [1.29, 1.82) is 0 Å². The molecule has 0 saturated heterocycles. The lowest BCUT2D eigenvalue weighted by atomic mass is 10.2. The van der Waals surface area contributed by atoms with Crippen LogP contribution < -0.4 is 14.8 Å². The minimum atomic E-state index is -0.992. The molecule has 0 spiro atoms. The number of rotatable bonds is 6. The molecular formula is C18H16FNO5S. The van der Waals surface area contributed by atoms with Gasteiger partial charge in [0.15, 0.2) is 17.6 Å². The molecule has 6 nitrogen and oxygen atoms in total. The van der Waals surface area contributed by atoms with E-state index < -0.39 is 23.8 Å². The van der Waals surface area contributed by atoms with E-state index in [9.17, 15) is 14.0 Å². The van der Waals surface area contributed by atoms with Crippen LogP contribution in [0.1, 0.15) is 6.92 Å². The summed E-state index contributed by atoms with van der Waals surface area (Å²) in [6.07, 6.45) is -0.992. The van der Waals surface area contributed by atoms with Gasteiger partial charge in [0.2, 0.25) is 6.79 Å². The highest BCUT2D eigenvalue weighted by Crippen LogP contribution is 2.34. The van der Waals surface area contributed by atoms with Gasteiger partial charge in [-0.15, -0.1) is 11.8 Å². The molecular weight excluding hydrogens is 361 g/mol. The predicted molar refractivity (Wildman–Crippen MR) is 93.9 cm³/mol. The Morgan fingerprint density at radius 3 is 2.81 bits per heavy atom. The Balaban J connectivity index is 1.49. The number of amides is 1. The lowest BCUT2D eigenvalue weighted by Gasteiger charge is -2.13. The topological polar surface area (TPSA) is 73.9 Å². The number of thioether (sulfide) groups is 1. The third-order valence-electron chi connectivity index (χ3n) is 3.50. The van der Waals surface area contributed by atoms with E-state index in [1.165, 1.54) is 13.0 Å². The Morgan fingerprint density at radius 2 is 2.00 bits per heavy atom. The third kappa shape index (κ3) is 4.45. The first kappa shape index (κ1) is 18.1. The molecule has 0 radical (unpaired) electrons. The number of nitrogens with one attached hydrogen (secondary N) is 1. The number of hydrogen-bond donors (Lipinski definition) is 1. The van der Waals surface area contributed by atoms with Gasteiger partial charge in [-0.25, -0.2) is 4.39 Å². The van der Waals surface area contributed by atoms with Crippen molar-refractivity contribution >= 4 is 29.3 Å². The summed E-state index contributed by atoms with van der Waals surface area (Å²) in [5.74, 6) is -0.442. The second kappa shape index (κ2) is 8.09. The van der Waals surface area contributed by atoms with Crippen molar-refractivity contribution in [1.82, 2.24) is 0 Å². The Morgan fingerprint density at radius 1 is 1.23 bits per heavy atom. The van der Waals surface area contributed by atoms with Crippen molar-refractivity contribution in [2.24, 2.45) is 0 Å². The SMILES string of the molecule is C[C@H](OC(=O)CSc1ccccc1F)C(=O)Nc1ccc2c(c1)OCO2. The van der Waals surface area contributed by atoms with E-state index in [1.54, 1.807) is 36.4 Å². The minimum absolute atomic E-state index is 0.0947. The third-order valence-corrected chi connectivity index (χ3v) is 4.52. The molecule has 2 aromatic carbocycles. The number of halogens is 1. The van der Waals surface area contributed by atoms with Gasteiger partial charge in [0.05, 0.1) is 5.75 Å². The quantitative estimate of drug-likeness (QED) is 0.616. The summed E-state index contributed by atoms with van der Waals surface area (Å²) >= 11 is 1.01. The van der Waals surface area contributed by atoms with Crippen LogP contribution >= 0.6 is 11.8 Å². The Hall–Kier alpha value is -2.74. The maximum Gasteiger partial charge on any atom is 0.317 e. The molecule has 0 aliphatic carbocycles. The van der Waals surface area contributed by atoms with E-state index in [0.717, 1.165) is 11.8 Å². The molecule has 1 atom stereocenters. The van der Waals surface area contributed by atoms with Crippen molar-refractivity contribution in [3.8, 4) is 11.5 Å². The van der Waals surface area contributed by atoms with Gasteiger partial charge in [0.25, 0.3) is 5.91 Å². The normalized spacial score (nSPS) is 13.2. The molecule has 1 amide bonds. The number of hydrogen-bond acceptors (Lipinski definition) is 6. The summed E-state index contributed by atoms with van der Waals surface area (Å²) in [5.41, 5.74) is 0.503. The predicted octanol–water partition coefficient (Wildman–Crippen LogP) is 3.22. The van der Waals surface area contributed by atoms with Crippen LogP contribution in [0, 0.1) is 5.82 Å². The monoisotopic (exact) mass is 377 g/mol. The maximum atomic E-state index is 13.5. The van der Waals surface area contributed by atoms with Gasteiger partial charge < -0.3 is 19.5 Å². The van der Waals surface area contributed by atoms with Gasteiger partial charge in [-0.2, -0.15) is 0 Å². The van der Waals surface area contributed by atoms with E-state index in [4.69, 9.17) is 14.2 Å². The standard InChI is InChI=1S/C18H16FNO5S/c1-11(25-17(21)9-26-16-5-3-2-4-13(16)19)18(22)20-12-6-7-14-15(8-12)24-10-23-14/h2-8,11H,9-10H2,1H3,(H,20,22)/t11-/m0/s1. The number of ether oxygens (including phenoxy) is 3. The number of anilines is 1. The molecule has 0 bridgehead atoms. The van der Waals surface area contributed by atoms with Crippen LogP contribution in [0.3, 0.4) is 0 Å². The highest BCUT2D eigenvalue weighted by molar-refractivity contribution is 8.00. The fourth-order valence-electron chi connectivity index (χ4n) is 2.20. The summed E-state index contributed by atoms with van der Waals surface area (Å²) < 4.78 is 29.0. The first-order chi connectivity index (χ1) is 12.5. The molecule has 0 saturated carbocycles. The highest BCUT2D eigenvalue weighted by atomic mass is 32.2. The van der Waals surface area contributed by atoms with E-state index in [-0.39, 0.29) is 12.5 Å². The van der Waals surface area contributed by atoms with Gasteiger partial charge in [-0.05, 0) is 31.2 Å². The van der Waals surface area contributed by atoms with Gasteiger partial charge in [-0.1, -0.05) is 12.1 Å². The van der Waals surface area contributed by atoms with Crippen LogP contribution in [0.5, 0.6) is 11.5 Å². The summed E-state index contributed by atoms with van der Waals surface area (Å²) in [6, 6.07) is 11.1. The summed E-state index contributed by atoms with van der Waals surface area (Å²) in [4.78, 5) is 24.4. The van der Waals surface area contributed by atoms with E-state index in [0.29, 0.717) is 22.1 Å². The van der Waals surface area contributed by atoms with Crippen molar-refractivity contribution in [2.45, 2.75) is 17.9 Å². The molecule has 8 heteroatoms. The van der Waals surface area contributed by atoms with Gasteiger partial charge in [0.1, 0.15) is 5.82 Å². The van der Waals surface area contributed by atoms with Crippen molar-refractivity contribution in [3.63, 3.8) is 0 Å². The average molecular weight is 377 g/mol. The van der Waals surface area contributed by atoms with E-state index in [1.807, 2.05) is 0 Å². The first-order valence-electron chi connectivity index (χ1n) is 7.80. The largest absolute Gasteiger partial charge is 0.454 e. The Labute approximate surface area is 153 Å². The molecule has 1 aliphatic rings. The van der Waals surface area contributed by atoms with Gasteiger partial charge in [-0.3, -0.25) is 9.59 Å². The average Bonchev–Trinajstić information content (AvgIpc) is 3.08. The molecule has 0 aromatic heterocycles. The minimum Gasteiger partial charge on any atom is -0.454 e. The van der Waals surface area contributed by atoms with Crippen LogP contribution in [-0.4, -0.2) is 30.5 Å². The number of carbonyl (C=O) groups excluding carboxylic acids is 2. The Bertz CT molecular complexity index is 829. The van der Waals surface area contributed by atoms with E-state index in [2.05, 4.69) is 5.32 Å². The number of fused-ring (bicyclic) bond motifs is 1. The molecule has 3 rings (SSSR count). The van der Waals surface area contributed by atoms with E-state index >= 15 is 0 Å². The number of carbonyl (C=O) groups is 2. The van der Waals surface area contributed by atoms with Crippen LogP contribution in [0.2, 0.25) is 0 Å². The maximum absolute atomic E-state index is 13.5. The van der Waals surface area contributed by atoms with Crippen LogP contribution in [0.25, 0.3) is 0 Å². The molecule has 1 aliphatic heterocycles. The summed E-state index contributed by atoms with van der Waals surface area (Å²) in [5, 5.41) is 2.64. The molecule has 136 valence electrons. The van der Waals surface area contributed by atoms with Crippen LogP contribution in [-0.2, 0) is 14.3 Å². The lowest BCUT2D eigenvalue weighted by Crippen LogP contribution is -2.30. The smallest absolute Gasteiger partial charge is 0.317 e. The zero-order chi connectivity index (χ0) is 18.5. The van der Waals surface area contributed by atoms with Gasteiger partial charge >= 0.3 is 5.97 Å². The number of esters is 1. The second-order valence-electron chi connectivity index (χ2n) is 5.41. The fourth-order valence-corrected chi connectivity index (χ4v) is 2.92. The zero-order valence-electron chi connectivity index (χ0n) is 13.9. The highest BCUT2D eigenvalue weighted by Gasteiger charge is 2.20. The molecule has 0 fully saturated rings. The van der Waals surface area contributed by atoms with Crippen molar-refractivity contribution in [2.75, 3.05) is 17.9 Å². The second-order valence-corrected chi connectivity index (χ2v) is 6.43. The fraction of sp³-hybridized carbons (Fsp3) is 0.222. The van der Waals surface area contributed by atoms with Crippen molar-refractivity contribution < 1.29 is 28.2 Å². The van der Waals surface area contributed by atoms with Crippen LogP contribution in [0.4, 0.5) is 10.1 Å².